The minimum atomic E-state index is -3.29. The Kier molecular flexibility index (Phi) is 6.39. The van der Waals surface area contributed by atoms with Crippen molar-refractivity contribution in [2.75, 3.05) is 30.7 Å². The Morgan fingerprint density at radius 3 is 2.50 bits per heavy atom. The summed E-state index contributed by atoms with van der Waals surface area (Å²) in [4.78, 5) is 13.9. The van der Waals surface area contributed by atoms with Gasteiger partial charge in [0.05, 0.1) is 12.9 Å². The van der Waals surface area contributed by atoms with E-state index in [2.05, 4.69) is 4.72 Å². The number of hydrogen-bond donors (Lipinski definition) is 1. The molecule has 1 aromatic carbocycles. The van der Waals surface area contributed by atoms with E-state index in [0.717, 1.165) is 19.1 Å². The number of sulfonamides is 1. The molecule has 2 rings (SSSR count). The molecule has 0 spiro atoms. The summed E-state index contributed by atoms with van der Waals surface area (Å²) < 4.78 is 36.1. The number of nitrogens with one attached hydrogen (secondary N) is 1. The Balaban J connectivity index is 1.84. The minimum Gasteiger partial charge on any atom is -0.493 e. The third-order valence-corrected chi connectivity index (χ3v) is 4.42. The van der Waals surface area contributed by atoms with E-state index in [4.69, 9.17) is 9.47 Å². The van der Waals surface area contributed by atoms with Crippen LogP contribution < -0.4 is 9.46 Å². The number of amides is 1. The van der Waals surface area contributed by atoms with Gasteiger partial charge in [0.2, 0.25) is 10.0 Å². The SMILES string of the molecule is CC(C)(C)OC(=O)N1CCCC(COc2ccc(NS(C)(=O)=O)cc2)C1. The van der Waals surface area contributed by atoms with E-state index in [-0.39, 0.29) is 12.0 Å². The fourth-order valence-electron chi connectivity index (χ4n) is 2.74. The lowest BCUT2D eigenvalue weighted by Gasteiger charge is -2.34. The summed E-state index contributed by atoms with van der Waals surface area (Å²) in [5, 5.41) is 0. The fourth-order valence-corrected chi connectivity index (χ4v) is 3.31. The maximum Gasteiger partial charge on any atom is 0.410 e. The van der Waals surface area contributed by atoms with Gasteiger partial charge >= 0.3 is 6.09 Å². The van der Waals surface area contributed by atoms with Crippen molar-refractivity contribution in [3.8, 4) is 5.75 Å². The number of rotatable bonds is 5. The topological polar surface area (TPSA) is 84.9 Å². The lowest BCUT2D eigenvalue weighted by atomic mass is 9.99. The second-order valence-corrected chi connectivity index (χ2v) is 9.39. The lowest BCUT2D eigenvalue weighted by molar-refractivity contribution is 0.0139. The maximum atomic E-state index is 12.2. The van der Waals surface area contributed by atoms with Gasteiger partial charge in [-0.25, -0.2) is 13.2 Å². The number of ether oxygens (including phenoxy) is 2. The zero-order valence-electron chi connectivity index (χ0n) is 15.8. The molecule has 7 nitrogen and oxygen atoms in total. The number of nitrogens with zero attached hydrogens (tertiary/aromatic N) is 1. The maximum absolute atomic E-state index is 12.2. The smallest absolute Gasteiger partial charge is 0.410 e. The zero-order valence-corrected chi connectivity index (χ0v) is 16.6. The van der Waals surface area contributed by atoms with Crippen LogP contribution in [0.5, 0.6) is 5.75 Å². The quantitative estimate of drug-likeness (QED) is 0.843. The van der Waals surface area contributed by atoms with Gasteiger partial charge in [-0.2, -0.15) is 0 Å². The van der Waals surface area contributed by atoms with Gasteiger partial charge in [-0.1, -0.05) is 0 Å². The summed E-state index contributed by atoms with van der Waals surface area (Å²) in [5.74, 6) is 0.906. The molecule has 1 amide bonds. The van der Waals surface area contributed by atoms with Crippen molar-refractivity contribution in [2.24, 2.45) is 5.92 Å². The van der Waals surface area contributed by atoms with Crippen molar-refractivity contribution < 1.29 is 22.7 Å². The van der Waals surface area contributed by atoms with Crippen LogP contribution in [0.3, 0.4) is 0 Å². The van der Waals surface area contributed by atoms with Crippen molar-refractivity contribution in [3.05, 3.63) is 24.3 Å². The molecule has 1 aromatic rings. The van der Waals surface area contributed by atoms with Crippen LogP contribution in [-0.2, 0) is 14.8 Å². The molecular weight excluding hydrogens is 356 g/mol. The monoisotopic (exact) mass is 384 g/mol. The summed E-state index contributed by atoms with van der Waals surface area (Å²) in [7, 11) is -3.29. The highest BCUT2D eigenvalue weighted by atomic mass is 32.2. The highest BCUT2D eigenvalue weighted by Gasteiger charge is 2.27. The molecular formula is C18H28N2O5S. The van der Waals surface area contributed by atoms with Crippen LogP contribution in [0.4, 0.5) is 10.5 Å². The van der Waals surface area contributed by atoms with Crippen molar-refractivity contribution in [2.45, 2.75) is 39.2 Å². The summed E-state index contributed by atoms with van der Waals surface area (Å²) in [6, 6.07) is 6.76. The molecule has 8 heteroatoms. The van der Waals surface area contributed by atoms with Gasteiger partial charge < -0.3 is 14.4 Å². The number of piperidine rings is 1. The Hall–Kier alpha value is -1.96. The third kappa shape index (κ3) is 7.11. The molecule has 1 saturated heterocycles. The van der Waals surface area contributed by atoms with Crippen molar-refractivity contribution >= 4 is 21.8 Å². The first kappa shape index (κ1) is 20.4. The van der Waals surface area contributed by atoms with Crippen molar-refractivity contribution in [3.63, 3.8) is 0 Å². The first-order chi connectivity index (χ1) is 12.0. The Labute approximate surface area is 155 Å². The molecule has 0 saturated carbocycles. The van der Waals surface area contributed by atoms with E-state index < -0.39 is 15.6 Å². The molecule has 0 aliphatic carbocycles. The molecule has 26 heavy (non-hydrogen) atoms. The summed E-state index contributed by atoms with van der Waals surface area (Å²) in [6.07, 6.45) is 2.74. The van der Waals surface area contributed by atoms with Crippen LogP contribution in [0.15, 0.2) is 24.3 Å². The standard InChI is InChI=1S/C18H28N2O5S/c1-18(2,3)25-17(21)20-11-5-6-14(12-20)13-24-16-9-7-15(8-10-16)19-26(4,22)23/h7-10,14,19H,5-6,11-13H2,1-4H3. The lowest BCUT2D eigenvalue weighted by Crippen LogP contribution is -2.44. The average molecular weight is 384 g/mol. The van der Waals surface area contributed by atoms with Gasteiger partial charge in [0.25, 0.3) is 0 Å². The van der Waals surface area contributed by atoms with Crippen LogP contribution in [0.2, 0.25) is 0 Å². The largest absolute Gasteiger partial charge is 0.493 e. The van der Waals surface area contributed by atoms with Gasteiger partial charge in [-0.05, 0) is 57.9 Å². The van der Waals surface area contributed by atoms with Crippen molar-refractivity contribution in [1.29, 1.82) is 0 Å². The van der Waals surface area contributed by atoms with Crippen LogP contribution in [0, 0.1) is 5.92 Å². The number of carbonyl (C=O) groups is 1. The highest BCUT2D eigenvalue weighted by Crippen LogP contribution is 2.22. The molecule has 1 heterocycles. The first-order valence-corrected chi connectivity index (χ1v) is 10.6. The van der Waals surface area contributed by atoms with Crippen molar-refractivity contribution in [1.82, 2.24) is 4.90 Å². The molecule has 1 atom stereocenters. The van der Waals surface area contributed by atoms with E-state index >= 15 is 0 Å². The second-order valence-electron chi connectivity index (χ2n) is 7.64. The molecule has 1 aliphatic rings. The molecule has 1 unspecified atom stereocenters. The predicted molar refractivity (Wildman–Crippen MR) is 101 cm³/mol. The molecule has 0 bridgehead atoms. The molecule has 1 fully saturated rings. The van der Waals surface area contributed by atoms with Gasteiger partial charge in [0, 0.05) is 24.7 Å². The molecule has 0 radical (unpaired) electrons. The number of carbonyl (C=O) groups excluding carboxylic acids is 1. The first-order valence-electron chi connectivity index (χ1n) is 8.70. The van der Waals surface area contributed by atoms with E-state index in [1.807, 2.05) is 20.8 Å². The second kappa shape index (κ2) is 8.16. The number of anilines is 1. The molecule has 146 valence electrons. The van der Waals surface area contributed by atoms with E-state index in [0.29, 0.717) is 31.1 Å². The minimum absolute atomic E-state index is 0.241. The van der Waals surface area contributed by atoms with E-state index in [1.165, 1.54) is 0 Å². The number of benzene rings is 1. The van der Waals surface area contributed by atoms with E-state index in [1.54, 1.807) is 29.2 Å². The van der Waals surface area contributed by atoms with E-state index in [9.17, 15) is 13.2 Å². The fraction of sp³-hybridized carbons (Fsp3) is 0.611. The average Bonchev–Trinajstić information content (AvgIpc) is 2.51. The van der Waals surface area contributed by atoms with Gasteiger partial charge in [-0.3, -0.25) is 4.72 Å². The predicted octanol–water partition coefficient (Wildman–Crippen LogP) is 3.08. The van der Waals surface area contributed by atoms with Crippen LogP contribution >= 0.6 is 0 Å². The summed E-state index contributed by atoms with van der Waals surface area (Å²) >= 11 is 0. The van der Waals surface area contributed by atoms with Gasteiger partial charge in [-0.15, -0.1) is 0 Å². The molecule has 1 N–H and O–H groups in total. The van der Waals surface area contributed by atoms with Crippen LogP contribution in [0.1, 0.15) is 33.6 Å². The Morgan fingerprint density at radius 2 is 1.92 bits per heavy atom. The third-order valence-electron chi connectivity index (χ3n) is 3.81. The van der Waals surface area contributed by atoms with Crippen LogP contribution in [-0.4, -0.2) is 51.0 Å². The zero-order chi connectivity index (χ0) is 19.4. The highest BCUT2D eigenvalue weighted by molar-refractivity contribution is 7.92. The molecule has 0 aromatic heterocycles. The normalized spacial score (nSPS) is 18.3. The Bertz CT molecular complexity index is 710. The summed E-state index contributed by atoms with van der Waals surface area (Å²) in [6.45, 7) is 7.39. The van der Waals surface area contributed by atoms with Gasteiger partial charge in [0.1, 0.15) is 11.4 Å². The van der Waals surface area contributed by atoms with Crippen LogP contribution in [0.25, 0.3) is 0 Å². The summed E-state index contributed by atoms with van der Waals surface area (Å²) in [5.41, 5.74) is -0.00365. The Morgan fingerprint density at radius 1 is 1.27 bits per heavy atom. The number of hydrogen-bond acceptors (Lipinski definition) is 5. The molecule has 1 aliphatic heterocycles. The van der Waals surface area contributed by atoms with Gasteiger partial charge in [0.15, 0.2) is 0 Å². The number of likely N-dealkylation sites (tertiary alicyclic amines) is 1.